The maximum absolute atomic E-state index is 9.58. The number of benzene rings is 2. The zero-order valence-corrected chi connectivity index (χ0v) is 12.2. The van der Waals surface area contributed by atoms with Crippen LogP contribution in [0.5, 0.6) is 11.5 Å². The van der Waals surface area contributed by atoms with Gasteiger partial charge in [0.2, 0.25) is 0 Å². The molecule has 0 heterocycles. The fraction of sp³-hybridized carbons (Fsp3) is 0.294. The van der Waals surface area contributed by atoms with Crippen molar-refractivity contribution in [2.45, 2.75) is 26.4 Å². The van der Waals surface area contributed by atoms with Crippen LogP contribution in [0.1, 0.15) is 29.7 Å². The lowest BCUT2D eigenvalue weighted by Crippen LogP contribution is -2.18. The minimum atomic E-state index is 0.170. The van der Waals surface area contributed by atoms with Crippen LogP contribution in [0.4, 0.5) is 0 Å². The first-order valence-electron chi connectivity index (χ1n) is 6.76. The van der Waals surface area contributed by atoms with Gasteiger partial charge in [0, 0.05) is 12.6 Å². The molecular formula is C17H21NO2. The van der Waals surface area contributed by atoms with Crippen LogP contribution in [0.15, 0.2) is 42.5 Å². The molecule has 0 amide bonds. The number of aryl methyl sites for hydroxylation is 1. The third-order valence-electron chi connectivity index (χ3n) is 3.51. The van der Waals surface area contributed by atoms with Crippen molar-refractivity contribution in [3.63, 3.8) is 0 Å². The zero-order chi connectivity index (χ0) is 14.5. The van der Waals surface area contributed by atoms with Crippen molar-refractivity contribution >= 4 is 0 Å². The van der Waals surface area contributed by atoms with Gasteiger partial charge >= 0.3 is 0 Å². The second kappa shape index (κ2) is 6.44. The van der Waals surface area contributed by atoms with Crippen LogP contribution in [0.3, 0.4) is 0 Å². The van der Waals surface area contributed by atoms with Crippen molar-refractivity contribution in [2.75, 3.05) is 7.11 Å². The third-order valence-corrected chi connectivity index (χ3v) is 3.51. The SMILES string of the molecule is COc1cc(CN[C@H](C)c2ccccc2C)ccc1O. The second-order valence-corrected chi connectivity index (χ2v) is 4.97. The van der Waals surface area contributed by atoms with Gasteiger partial charge in [-0.1, -0.05) is 30.3 Å². The molecule has 0 aliphatic rings. The molecule has 1 atom stereocenters. The van der Waals surface area contributed by atoms with E-state index in [1.807, 2.05) is 12.1 Å². The number of aromatic hydroxyl groups is 1. The lowest BCUT2D eigenvalue weighted by atomic mass is 10.0. The summed E-state index contributed by atoms with van der Waals surface area (Å²) in [5.41, 5.74) is 3.68. The summed E-state index contributed by atoms with van der Waals surface area (Å²) in [5, 5.41) is 13.1. The summed E-state index contributed by atoms with van der Waals surface area (Å²) in [7, 11) is 1.56. The molecule has 0 aromatic heterocycles. The van der Waals surface area contributed by atoms with Crippen LogP contribution in [-0.2, 0) is 6.54 Å². The predicted molar refractivity (Wildman–Crippen MR) is 81.1 cm³/mol. The number of methoxy groups -OCH3 is 1. The van der Waals surface area contributed by atoms with Gasteiger partial charge in [0.15, 0.2) is 11.5 Å². The Hall–Kier alpha value is -2.00. The molecule has 0 saturated carbocycles. The first kappa shape index (κ1) is 14.4. The van der Waals surface area contributed by atoms with E-state index in [0.717, 1.165) is 12.1 Å². The van der Waals surface area contributed by atoms with Crippen molar-refractivity contribution in [2.24, 2.45) is 0 Å². The minimum absolute atomic E-state index is 0.170. The van der Waals surface area contributed by atoms with Crippen molar-refractivity contribution in [3.05, 3.63) is 59.2 Å². The largest absolute Gasteiger partial charge is 0.504 e. The van der Waals surface area contributed by atoms with Crippen LogP contribution >= 0.6 is 0 Å². The summed E-state index contributed by atoms with van der Waals surface area (Å²) < 4.78 is 5.12. The maximum atomic E-state index is 9.58. The number of nitrogens with one attached hydrogen (secondary N) is 1. The van der Waals surface area contributed by atoms with E-state index < -0.39 is 0 Å². The van der Waals surface area contributed by atoms with E-state index in [1.165, 1.54) is 11.1 Å². The van der Waals surface area contributed by atoms with E-state index in [-0.39, 0.29) is 11.8 Å². The van der Waals surface area contributed by atoms with Crippen molar-refractivity contribution in [1.29, 1.82) is 0 Å². The molecule has 0 spiro atoms. The Labute approximate surface area is 120 Å². The maximum Gasteiger partial charge on any atom is 0.160 e. The first-order valence-corrected chi connectivity index (χ1v) is 6.76. The highest BCUT2D eigenvalue weighted by Crippen LogP contribution is 2.26. The van der Waals surface area contributed by atoms with Gasteiger partial charge in [-0.15, -0.1) is 0 Å². The van der Waals surface area contributed by atoms with E-state index in [1.54, 1.807) is 13.2 Å². The van der Waals surface area contributed by atoms with E-state index in [9.17, 15) is 5.11 Å². The van der Waals surface area contributed by atoms with Gasteiger partial charge < -0.3 is 15.2 Å². The van der Waals surface area contributed by atoms with Crippen LogP contribution in [0, 0.1) is 6.92 Å². The van der Waals surface area contributed by atoms with Crippen LogP contribution in [0.2, 0.25) is 0 Å². The van der Waals surface area contributed by atoms with Gasteiger partial charge in [0.25, 0.3) is 0 Å². The quantitative estimate of drug-likeness (QED) is 0.873. The summed E-state index contributed by atoms with van der Waals surface area (Å²) in [6.07, 6.45) is 0. The number of ether oxygens (including phenoxy) is 1. The Morgan fingerprint density at radius 3 is 2.65 bits per heavy atom. The first-order chi connectivity index (χ1) is 9.61. The summed E-state index contributed by atoms with van der Waals surface area (Å²) in [5.74, 6) is 0.677. The average molecular weight is 271 g/mol. The summed E-state index contributed by atoms with van der Waals surface area (Å²) >= 11 is 0. The molecule has 3 nitrogen and oxygen atoms in total. The lowest BCUT2D eigenvalue weighted by Gasteiger charge is -2.17. The Bertz CT molecular complexity index is 581. The number of hydrogen-bond donors (Lipinski definition) is 2. The van der Waals surface area contributed by atoms with Crippen molar-refractivity contribution in [3.8, 4) is 11.5 Å². The fourth-order valence-corrected chi connectivity index (χ4v) is 2.29. The molecule has 2 aromatic carbocycles. The molecule has 0 fully saturated rings. The van der Waals surface area contributed by atoms with Crippen molar-refractivity contribution < 1.29 is 9.84 Å². The van der Waals surface area contributed by atoms with E-state index in [0.29, 0.717) is 5.75 Å². The molecule has 2 aromatic rings. The Kier molecular flexibility index (Phi) is 4.64. The third kappa shape index (κ3) is 3.31. The number of phenolic OH excluding ortho intramolecular Hbond substituents is 1. The molecule has 0 aliphatic heterocycles. The molecule has 2 rings (SSSR count). The Balaban J connectivity index is 2.03. The molecule has 0 saturated heterocycles. The molecule has 0 radical (unpaired) electrons. The van der Waals surface area contributed by atoms with Crippen LogP contribution < -0.4 is 10.1 Å². The van der Waals surface area contributed by atoms with Crippen molar-refractivity contribution in [1.82, 2.24) is 5.32 Å². The molecule has 3 heteroatoms. The normalized spacial score (nSPS) is 12.2. The van der Waals surface area contributed by atoms with E-state index in [4.69, 9.17) is 4.74 Å². The number of hydrogen-bond acceptors (Lipinski definition) is 3. The number of phenols is 1. The molecule has 2 N–H and O–H groups in total. The number of rotatable bonds is 5. The van der Waals surface area contributed by atoms with Crippen LogP contribution in [-0.4, -0.2) is 12.2 Å². The van der Waals surface area contributed by atoms with Gasteiger partial charge in [0.1, 0.15) is 0 Å². The second-order valence-electron chi connectivity index (χ2n) is 4.97. The molecule has 0 bridgehead atoms. The van der Waals surface area contributed by atoms with E-state index >= 15 is 0 Å². The van der Waals surface area contributed by atoms with Crippen LogP contribution in [0.25, 0.3) is 0 Å². The Morgan fingerprint density at radius 2 is 1.95 bits per heavy atom. The highest BCUT2D eigenvalue weighted by molar-refractivity contribution is 5.41. The fourth-order valence-electron chi connectivity index (χ4n) is 2.29. The summed E-state index contributed by atoms with van der Waals surface area (Å²) in [4.78, 5) is 0. The smallest absolute Gasteiger partial charge is 0.160 e. The highest BCUT2D eigenvalue weighted by Gasteiger charge is 2.08. The summed E-state index contributed by atoms with van der Waals surface area (Å²) in [6.45, 7) is 5.00. The molecule has 106 valence electrons. The summed E-state index contributed by atoms with van der Waals surface area (Å²) in [6, 6.07) is 14.1. The van der Waals surface area contributed by atoms with Gasteiger partial charge in [-0.25, -0.2) is 0 Å². The molecule has 0 aliphatic carbocycles. The average Bonchev–Trinajstić information content (AvgIpc) is 2.46. The standard InChI is InChI=1S/C17H21NO2/c1-12-6-4-5-7-15(12)13(2)18-11-14-8-9-16(19)17(10-14)20-3/h4-10,13,18-19H,11H2,1-3H3/t13-/m1/s1. The van der Waals surface area contributed by atoms with Gasteiger partial charge in [0.05, 0.1) is 7.11 Å². The van der Waals surface area contributed by atoms with Gasteiger partial charge in [-0.05, 0) is 42.7 Å². The monoisotopic (exact) mass is 271 g/mol. The molecular weight excluding hydrogens is 250 g/mol. The lowest BCUT2D eigenvalue weighted by molar-refractivity contribution is 0.372. The van der Waals surface area contributed by atoms with Gasteiger partial charge in [-0.3, -0.25) is 0 Å². The molecule has 0 unspecified atom stereocenters. The highest BCUT2D eigenvalue weighted by atomic mass is 16.5. The Morgan fingerprint density at radius 1 is 1.20 bits per heavy atom. The minimum Gasteiger partial charge on any atom is -0.504 e. The zero-order valence-electron chi connectivity index (χ0n) is 12.2. The predicted octanol–water partition coefficient (Wildman–Crippen LogP) is 3.56. The molecule has 20 heavy (non-hydrogen) atoms. The topological polar surface area (TPSA) is 41.5 Å². The van der Waals surface area contributed by atoms with Gasteiger partial charge in [-0.2, -0.15) is 0 Å². The van der Waals surface area contributed by atoms with E-state index in [2.05, 4.69) is 43.4 Å².